The van der Waals surface area contributed by atoms with Crippen LogP contribution in [0.4, 0.5) is 4.39 Å². The van der Waals surface area contributed by atoms with Gasteiger partial charge in [-0.05, 0) is 60.6 Å². The Balaban J connectivity index is 1.45. The van der Waals surface area contributed by atoms with E-state index in [-0.39, 0.29) is 23.8 Å². The molecule has 36 heavy (non-hydrogen) atoms. The SMILES string of the molecule is CCc1cc(O)ccc1-c1ccc2c(-c3ncc(C4=CC[C@H](C)N(C[C@@H](C)CO)C4)[nH]3)[nH]nc2c1F. The summed E-state index contributed by atoms with van der Waals surface area (Å²) in [6.45, 7) is 8.03. The Bertz CT molecular complexity index is 1420. The number of phenols is 1. The monoisotopic (exact) mass is 489 g/mol. The first kappa shape index (κ1) is 24.2. The summed E-state index contributed by atoms with van der Waals surface area (Å²) in [6.07, 6.45) is 5.65. The van der Waals surface area contributed by atoms with E-state index in [0.29, 0.717) is 34.9 Å². The fourth-order valence-electron chi connectivity index (χ4n) is 4.98. The first-order valence-corrected chi connectivity index (χ1v) is 12.5. The van der Waals surface area contributed by atoms with Crippen LogP contribution in [0.2, 0.25) is 0 Å². The maximum atomic E-state index is 15.6. The summed E-state index contributed by atoms with van der Waals surface area (Å²) in [5.74, 6) is 0.588. The van der Waals surface area contributed by atoms with Crippen molar-refractivity contribution >= 4 is 16.5 Å². The number of fused-ring (bicyclic) bond motifs is 1. The van der Waals surface area contributed by atoms with Crippen molar-refractivity contribution < 1.29 is 14.6 Å². The highest BCUT2D eigenvalue weighted by Gasteiger charge is 2.24. The maximum Gasteiger partial charge on any atom is 0.159 e. The minimum atomic E-state index is -0.403. The standard InChI is InChI=1S/C28H32FN5O2/c1-4-18-11-20(36)7-8-21(18)22-9-10-23-26(25(22)29)32-33-27(23)28-30-12-24(31-28)19-6-5-17(3)34(14-19)13-16(2)15-35/h6-12,16-17,35-36H,4-5,13-15H2,1-3H3,(H,30,31)(H,32,33)/t16-,17+/m1/s1. The van der Waals surface area contributed by atoms with E-state index in [1.54, 1.807) is 24.3 Å². The number of nitrogens with zero attached hydrogens (tertiary/aromatic N) is 3. The number of hydrogen-bond donors (Lipinski definition) is 4. The third kappa shape index (κ3) is 4.42. The van der Waals surface area contributed by atoms with Crippen LogP contribution < -0.4 is 0 Å². The second-order valence-corrected chi connectivity index (χ2v) is 9.79. The summed E-state index contributed by atoms with van der Waals surface area (Å²) in [5.41, 5.74) is 5.05. The third-order valence-corrected chi connectivity index (χ3v) is 7.14. The molecule has 2 aromatic carbocycles. The first-order chi connectivity index (χ1) is 17.4. The van der Waals surface area contributed by atoms with Crippen LogP contribution in [0, 0.1) is 11.7 Å². The van der Waals surface area contributed by atoms with Gasteiger partial charge in [0.1, 0.15) is 17.0 Å². The summed E-state index contributed by atoms with van der Waals surface area (Å²) in [7, 11) is 0. The van der Waals surface area contributed by atoms with Gasteiger partial charge in [0.15, 0.2) is 11.6 Å². The van der Waals surface area contributed by atoms with E-state index < -0.39 is 5.82 Å². The molecule has 2 atom stereocenters. The number of aromatic hydroxyl groups is 1. The summed E-state index contributed by atoms with van der Waals surface area (Å²) in [5, 5.41) is 27.2. The fourth-order valence-corrected chi connectivity index (χ4v) is 4.98. The molecule has 4 N–H and O–H groups in total. The van der Waals surface area contributed by atoms with Crippen molar-refractivity contribution in [3.8, 4) is 28.4 Å². The average Bonchev–Trinajstić information content (AvgIpc) is 3.53. The fraction of sp³-hybridized carbons (Fsp3) is 0.357. The van der Waals surface area contributed by atoms with Gasteiger partial charge in [-0.1, -0.05) is 32.1 Å². The van der Waals surface area contributed by atoms with Crippen molar-refractivity contribution in [2.75, 3.05) is 19.7 Å². The molecule has 3 heterocycles. The highest BCUT2D eigenvalue weighted by atomic mass is 19.1. The number of halogens is 1. The zero-order valence-electron chi connectivity index (χ0n) is 20.8. The number of H-pyrrole nitrogens is 2. The van der Waals surface area contributed by atoms with Crippen molar-refractivity contribution in [3.63, 3.8) is 0 Å². The van der Waals surface area contributed by atoms with Gasteiger partial charge < -0.3 is 15.2 Å². The molecule has 4 aromatic rings. The quantitative estimate of drug-likeness (QED) is 0.288. The van der Waals surface area contributed by atoms with Crippen molar-refractivity contribution in [2.24, 2.45) is 5.92 Å². The molecule has 0 spiro atoms. The number of aromatic amines is 2. The van der Waals surface area contributed by atoms with Crippen LogP contribution in [0.15, 0.2) is 42.6 Å². The smallest absolute Gasteiger partial charge is 0.159 e. The number of imidazole rings is 1. The van der Waals surface area contributed by atoms with Gasteiger partial charge in [0.25, 0.3) is 0 Å². The number of aliphatic hydroxyl groups is 1. The number of aromatic nitrogens is 4. The Hall–Kier alpha value is -3.49. The first-order valence-electron chi connectivity index (χ1n) is 12.5. The van der Waals surface area contributed by atoms with E-state index in [9.17, 15) is 10.2 Å². The number of nitrogens with one attached hydrogen (secondary N) is 2. The Morgan fingerprint density at radius 1 is 1.22 bits per heavy atom. The molecule has 0 unspecified atom stereocenters. The Morgan fingerprint density at radius 3 is 2.81 bits per heavy atom. The topological polar surface area (TPSA) is 101 Å². The van der Waals surface area contributed by atoms with Crippen LogP contribution in [-0.2, 0) is 6.42 Å². The summed E-state index contributed by atoms with van der Waals surface area (Å²) in [6, 6.07) is 9.03. The van der Waals surface area contributed by atoms with E-state index >= 15 is 4.39 Å². The highest BCUT2D eigenvalue weighted by molar-refractivity contribution is 5.95. The van der Waals surface area contributed by atoms with Crippen LogP contribution >= 0.6 is 0 Å². The van der Waals surface area contributed by atoms with Crippen LogP contribution in [0.25, 0.3) is 39.1 Å². The Morgan fingerprint density at radius 2 is 2.03 bits per heavy atom. The molecular formula is C28H32FN5O2. The number of benzene rings is 2. The zero-order valence-corrected chi connectivity index (χ0v) is 20.8. The van der Waals surface area contributed by atoms with E-state index in [0.717, 1.165) is 41.9 Å². The number of aryl methyl sites for hydroxylation is 1. The van der Waals surface area contributed by atoms with Crippen LogP contribution in [0.3, 0.4) is 0 Å². The number of hydrogen-bond acceptors (Lipinski definition) is 5. The summed E-state index contributed by atoms with van der Waals surface area (Å²) >= 11 is 0. The summed E-state index contributed by atoms with van der Waals surface area (Å²) in [4.78, 5) is 10.4. The van der Waals surface area contributed by atoms with E-state index in [1.807, 2.05) is 19.2 Å². The Kier molecular flexibility index (Phi) is 6.64. The molecule has 0 amide bonds. The van der Waals surface area contributed by atoms with Gasteiger partial charge in [0, 0.05) is 36.7 Å². The third-order valence-electron chi connectivity index (χ3n) is 7.14. The predicted molar refractivity (Wildman–Crippen MR) is 140 cm³/mol. The molecule has 0 fully saturated rings. The molecule has 0 aliphatic carbocycles. The largest absolute Gasteiger partial charge is 0.508 e. The molecule has 2 aromatic heterocycles. The number of phenolic OH excluding ortho intramolecular Hbond substituents is 1. The van der Waals surface area contributed by atoms with Crippen LogP contribution in [0.1, 0.15) is 38.4 Å². The Labute approximate surface area is 209 Å². The number of rotatable bonds is 7. The molecular weight excluding hydrogens is 457 g/mol. The van der Waals surface area contributed by atoms with Gasteiger partial charge in [0.2, 0.25) is 0 Å². The lowest BCUT2D eigenvalue weighted by atomic mass is 9.96. The minimum Gasteiger partial charge on any atom is -0.508 e. The number of aliphatic hydroxyl groups excluding tert-OH is 1. The second-order valence-electron chi connectivity index (χ2n) is 9.79. The van der Waals surface area contributed by atoms with Gasteiger partial charge >= 0.3 is 0 Å². The van der Waals surface area contributed by atoms with E-state index in [2.05, 4.69) is 45.0 Å². The van der Waals surface area contributed by atoms with Crippen LogP contribution in [0.5, 0.6) is 5.75 Å². The van der Waals surface area contributed by atoms with Crippen molar-refractivity contribution in [2.45, 2.75) is 39.7 Å². The molecule has 5 rings (SSSR count). The minimum absolute atomic E-state index is 0.168. The van der Waals surface area contributed by atoms with Crippen LogP contribution in [-0.4, -0.2) is 61.0 Å². The van der Waals surface area contributed by atoms with Gasteiger partial charge in [-0.25, -0.2) is 9.37 Å². The lowest BCUT2D eigenvalue weighted by Gasteiger charge is -2.34. The molecule has 8 heteroatoms. The van der Waals surface area contributed by atoms with Gasteiger partial charge in [-0.3, -0.25) is 10.00 Å². The molecule has 1 aliphatic rings. The van der Waals surface area contributed by atoms with Crippen molar-refractivity contribution in [1.29, 1.82) is 0 Å². The zero-order chi connectivity index (χ0) is 25.4. The maximum absolute atomic E-state index is 15.6. The summed E-state index contributed by atoms with van der Waals surface area (Å²) < 4.78 is 15.6. The molecule has 0 saturated carbocycles. The second kappa shape index (κ2) is 9.87. The normalized spacial score (nSPS) is 17.5. The van der Waals surface area contributed by atoms with Crippen molar-refractivity contribution in [1.82, 2.24) is 25.1 Å². The van der Waals surface area contributed by atoms with Gasteiger partial charge in [-0.15, -0.1) is 0 Å². The van der Waals surface area contributed by atoms with Gasteiger partial charge in [-0.2, -0.15) is 5.10 Å². The average molecular weight is 490 g/mol. The highest BCUT2D eigenvalue weighted by Crippen LogP contribution is 2.35. The van der Waals surface area contributed by atoms with E-state index in [4.69, 9.17) is 0 Å². The lowest BCUT2D eigenvalue weighted by molar-refractivity contribution is 0.153. The molecule has 0 saturated heterocycles. The molecule has 0 radical (unpaired) electrons. The molecule has 1 aliphatic heterocycles. The molecule has 0 bridgehead atoms. The molecule has 7 nitrogen and oxygen atoms in total. The predicted octanol–water partition coefficient (Wildman–Crippen LogP) is 5.13. The van der Waals surface area contributed by atoms with Crippen molar-refractivity contribution in [3.05, 3.63) is 59.7 Å². The molecule has 188 valence electrons. The van der Waals surface area contributed by atoms with E-state index in [1.165, 1.54) is 0 Å². The van der Waals surface area contributed by atoms with Gasteiger partial charge in [0.05, 0.1) is 11.9 Å². The lowest BCUT2D eigenvalue weighted by Crippen LogP contribution is -2.40.